The van der Waals surface area contributed by atoms with E-state index in [-0.39, 0.29) is 0 Å². The van der Waals surface area contributed by atoms with Gasteiger partial charge in [0.05, 0.1) is 11.1 Å². The Morgan fingerprint density at radius 3 is 2.81 bits per heavy atom. The Hall–Kier alpha value is -1.99. The number of aryl methyl sites for hydroxylation is 1. The van der Waals surface area contributed by atoms with Gasteiger partial charge in [0.15, 0.2) is 0 Å². The van der Waals surface area contributed by atoms with Crippen molar-refractivity contribution in [2.24, 2.45) is 7.05 Å². The normalized spacial score (nSPS) is 18.4. The summed E-state index contributed by atoms with van der Waals surface area (Å²) < 4.78 is 2.12. The fraction of sp³-hybridized carbons (Fsp3) is 0.526. The van der Waals surface area contributed by atoms with Gasteiger partial charge in [0.2, 0.25) is 0 Å². The van der Waals surface area contributed by atoms with Crippen molar-refractivity contribution in [2.75, 3.05) is 31.1 Å². The van der Waals surface area contributed by atoms with Crippen LogP contribution in [0.4, 0.5) is 5.82 Å². The van der Waals surface area contributed by atoms with Crippen molar-refractivity contribution in [2.45, 2.75) is 32.2 Å². The highest BCUT2D eigenvalue weighted by atomic mass is 32.1. The molecule has 0 radical (unpaired) electrons. The Bertz CT molecular complexity index is 921. The summed E-state index contributed by atoms with van der Waals surface area (Å²) in [6.07, 6.45) is 6.71. The van der Waals surface area contributed by atoms with Gasteiger partial charge in [0.25, 0.3) is 0 Å². The Morgan fingerprint density at radius 2 is 1.92 bits per heavy atom. The quantitative estimate of drug-likeness (QED) is 0.711. The van der Waals surface area contributed by atoms with E-state index < -0.39 is 0 Å². The molecule has 3 aromatic heterocycles. The van der Waals surface area contributed by atoms with E-state index >= 15 is 0 Å². The highest BCUT2D eigenvalue weighted by Crippen LogP contribution is 2.28. The number of aromatic nitrogens is 4. The van der Waals surface area contributed by atoms with Crippen molar-refractivity contribution in [3.05, 3.63) is 34.7 Å². The molecule has 0 N–H and O–H groups in total. The van der Waals surface area contributed by atoms with Gasteiger partial charge in [0.1, 0.15) is 17.0 Å². The maximum atomic E-state index is 4.84. The van der Waals surface area contributed by atoms with Crippen LogP contribution in [0, 0.1) is 0 Å². The smallest absolute Gasteiger partial charge is 0.140 e. The summed E-state index contributed by atoms with van der Waals surface area (Å²) in [5, 5.41) is 8.13. The number of nitrogens with zero attached hydrogens (tertiary/aromatic N) is 6. The van der Waals surface area contributed by atoms with Crippen LogP contribution < -0.4 is 4.90 Å². The standard InChI is InChI=1S/C19H24N6S/c1-23-17-5-3-2-4-14(17)16(22-23)12-24-7-9-25(10-8-24)18-15-6-11-26-19(15)21-13-20-18/h6,11,13H,2-5,7-10,12H2,1H3. The zero-order valence-corrected chi connectivity index (χ0v) is 16.0. The third-order valence-electron chi connectivity index (χ3n) is 5.73. The molecule has 1 saturated heterocycles. The summed E-state index contributed by atoms with van der Waals surface area (Å²) in [7, 11) is 2.10. The van der Waals surface area contributed by atoms with Crippen LogP contribution in [0.3, 0.4) is 0 Å². The molecule has 7 heteroatoms. The van der Waals surface area contributed by atoms with Gasteiger partial charge < -0.3 is 4.90 Å². The van der Waals surface area contributed by atoms with E-state index in [1.807, 2.05) is 0 Å². The van der Waals surface area contributed by atoms with Crippen molar-refractivity contribution in [3.8, 4) is 0 Å². The lowest BCUT2D eigenvalue weighted by Crippen LogP contribution is -2.46. The van der Waals surface area contributed by atoms with Gasteiger partial charge >= 0.3 is 0 Å². The Morgan fingerprint density at radius 1 is 1.08 bits per heavy atom. The van der Waals surface area contributed by atoms with Gasteiger partial charge in [0, 0.05) is 45.5 Å². The minimum absolute atomic E-state index is 0.981. The number of fused-ring (bicyclic) bond motifs is 2. The van der Waals surface area contributed by atoms with Gasteiger partial charge in [-0.15, -0.1) is 11.3 Å². The third kappa shape index (κ3) is 2.79. The number of anilines is 1. The first-order valence-electron chi connectivity index (χ1n) is 9.49. The molecule has 0 aromatic carbocycles. The van der Waals surface area contributed by atoms with Crippen LogP contribution in [0.1, 0.15) is 29.8 Å². The Balaban J connectivity index is 1.29. The predicted molar refractivity (Wildman–Crippen MR) is 105 cm³/mol. The van der Waals surface area contributed by atoms with Crippen molar-refractivity contribution in [1.29, 1.82) is 0 Å². The van der Waals surface area contributed by atoms with Crippen LogP contribution in [0.25, 0.3) is 10.2 Å². The molecule has 1 fully saturated rings. The van der Waals surface area contributed by atoms with E-state index in [0.717, 1.165) is 43.4 Å². The van der Waals surface area contributed by atoms with Crippen LogP contribution >= 0.6 is 11.3 Å². The second-order valence-electron chi connectivity index (χ2n) is 7.30. The van der Waals surface area contributed by atoms with Gasteiger partial charge in [-0.1, -0.05) is 0 Å². The van der Waals surface area contributed by atoms with Crippen LogP contribution in [0.5, 0.6) is 0 Å². The molecular formula is C19H24N6S. The average Bonchev–Trinajstić information content (AvgIpc) is 3.28. The summed E-state index contributed by atoms with van der Waals surface area (Å²) in [6, 6.07) is 2.14. The van der Waals surface area contributed by atoms with Crippen LogP contribution in [-0.4, -0.2) is 50.8 Å². The molecule has 0 spiro atoms. The summed E-state index contributed by atoms with van der Waals surface area (Å²) in [6.45, 7) is 5.12. The second-order valence-corrected chi connectivity index (χ2v) is 8.20. The summed E-state index contributed by atoms with van der Waals surface area (Å²) in [4.78, 5) is 15.0. The minimum Gasteiger partial charge on any atom is -0.353 e. The van der Waals surface area contributed by atoms with Gasteiger partial charge in [-0.05, 0) is 42.7 Å². The fourth-order valence-corrected chi connectivity index (χ4v) is 5.07. The second kappa shape index (κ2) is 6.63. The molecule has 1 aliphatic carbocycles. The summed E-state index contributed by atoms with van der Waals surface area (Å²) in [5.41, 5.74) is 4.29. The van der Waals surface area contributed by atoms with Crippen LogP contribution in [0.2, 0.25) is 0 Å². The number of thiophene rings is 1. The largest absolute Gasteiger partial charge is 0.353 e. The Labute approximate surface area is 157 Å². The molecule has 1 aliphatic heterocycles. The van der Waals surface area contributed by atoms with E-state index in [2.05, 4.69) is 42.9 Å². The van der Waals surface area contributed by atoms with Gasteiger partial charge in [-0.3, -0.25) is 9.58 Å². The predicted octanol–water partition coefficient (Wildman–Crippen LogP) is 2.63. The molecule has 0 unspecified atom stereocenters. The first kappa shape index (κ1) is 16.2. The number of hydrogen-bond acceptors (Lipinski definition) is 6. The highest BCUT2D eigenvalue weighted by Gasteiger charge is 2.24. The van der Waals surface area contributed by atoms with E-state index in [4.69, 9.17) is 5.10 Å². The monoisotopic (exact) mass is 368 g/mol. The Kier molecular flexibility index (Phi) is 4.13. The van der Waals surface area contributed by atoms with E-state index in [1.165, 1.54) is 48.0 Å². The molecule has 3 aromatic rings. The molecule has 0 saturated carbocycles. The lowest BCUT2D eigenvalue weighted by atomic mass is 9.95. The molecular weight excluding hydrogens is 344 g/mol. The molecule has 2 aliphatic rings. The minimum atomic E-state index is 0.981. The maximum absolute atomic E-state index is 4.84. The summed E-state index contributed by atoms with van der Waals surface area (Å²) in [5.74, 6) is 1.09. The van der Waals surface area contributed by atoms with E-state index in [9.17, 15) is 0 Å². The number of piperazine rings is 1. The SMILES string of the molecule is Cn1nc(CN2CCN(c3ncnc4sccc34)CC2)c2c1CCCC2. The molecule has 26 heavy (non-hydrogen) atoms. The molecule has 0 amide bonds. The van der Waals surface area contributed by atoms with Crippen molar-refractivity contribution >= 4 is 27.4 Å². The van der Waals surface area contributed by atoms with Crippen LogP contribution in [-0.2, 0) is 26.4 Å². The van der Waals surface area contributed by atoms with Crippen molar-refractivity contribution in [1.82, 2.24) is 24.6 Å². The first-order valence-corrected chi connectivity index (χ1v) is 10.4. The third-order valence-corrected chi connectivity index (χ3v) is 6.56. The first-order chi connectivity index (χ1) is 12.8. The lowest BCUT2D eigenvalue weighted by molar-refractivity contribution is 0.245. The van der Waals surface area contributed by atoms with E-state index in [1.54, 1.807) is 17.7 Å². The molecule has 136 valence electrons. The van der Waals surface area contributed by atoms with Gasteiger partial charge in [-0.25, -0.2) is 9.97 Å². The fourth-order valence-electron chi connectivity index (χ4n) is 4.34. The summed E-state index contributed by atoms with van der Waals surface area (Å²) >= 11 is 1.68. The molecule has 6 nitrogen and oxygen atoms in total. The van der Waals surface area contributed by atoms with E-state index in [0.29, 0.717) is 0 Å². The maximum Gasteiger partial charge on any atom is 0.140 e. The average molecular weight is 369 g/mol. The zero-order valence-electron chi connectivity index (χ0n) is 15.2. The van der Waals surface area contributed by atoms with Crippen LogP contribution in [0.15, 0.2) is 17.8 Å². The molecule has 4 heterocycles. The molecule has 5 rings (SSSR count). The molecule has 0 bridgehead atoms. The highest BCUT2D eigenvalue weighted by molar-refractivity contribution is 7.16. The van der Waals surface area contributed by atoms with Gasteiger partial charge in [-0.2, -0.15) is 5.10 Å². The van der Waals surface area contributed by atoms with Crippen molar-refractivity contribution in [3.63, 3.8) is 0 Å². The number of rotatable bonds is 3. The molecule has 0 atom stereocenters. The number of hydrogen-bond donors (Lipinski definition) is 0. The topological polar surface area (TPSA) is 50.1 Å². The zero-order chi connectivity index (χ0) is 17.5. The van der Waals surface area contributed by atoms with Crippen molar-refractivity contribution < 1.29 is 0 Å². The lowest BCUT2D eigenvalue weighted by Gasteiger charge is -2.35.